The number of benzene rings is 4. The zero-order valence-corrected chi connectivity index (χ0v) is 27.5. The van der Waals surface area contributed by atoms with Crippen LogP contribution in [-0.4, -0.2) is 62.3 Å². The molecule has 11 heteroatoms. The number of carbonyl (C=O) groups excluding carboxylic acids is 2. The Kier molecular flexibility index (Phi) is 11.7. The van der Waals surface area contributed by atoms with E-state index in [1.165, 1.54) is 0 Å². The van der Waals surface area contributed by atoms with Crippen molar-refractivity contribution in [3.8, 4) is 23.0 Å². The first-order valence-corrected chi connectivity index (χ1v) is 16.0. The molecule has 0 spiro atoms. The highest BCUT2D eigenvalue weighted by Crippen LogP contribution is 2.37. The molecule has 2 N–H and O–H groups in total. The molecule has 0 aromatic heterocycles. The highest BCUT2D eigenvalue weighted by atomic mass is 16.7. The van der Waals surface area contributed by atoms with Crippen molar-refractivity contribution in [1.29, 1.82) is 0 Å². The largest absolute Gasteiger partial charge is 0.481 e. The van der Waals surface area contributed by atoms with E-state index in [0.717, 1.165) is 16.9 Å². The molecule has 0 saturated carbocycles. The van der Waals surface area contributed by atoms with Crippen LogP contribution in [0, 0.1) is 0 Å². The summed E-state index contributed by atoms with van der Waals surface area (Å²) in [5.41, 5.74) is 3.10. The Bertz CT molecular complexity index is 1730. The van der Waals surface area contributed by atoms with Gasteiger partial charge in [-0.1, -0.05) is 48.5 Å². The second kappa shape index (κ2) is 16.5. The Balaban J connectivity index is 0.000000191. The number of amides is 2. The lowest BCUT2D eigenvalue weighted by atomic mass is 9.92. The number of aliphatic hydroxyl groups excluding tert-OH is 1. The van der Waals surface area contributed by atoms with Crippen LogP contribution < -0.4 is 28.7 Å². The van der Waals surface area contributed by atoms with Crippen LogP contribution in [0.5, 0.6) is 23.0 Å². The fourth-order valence-corrected chi connectivity index (χ4v) is 5.66. The number of fused-ring (bicyclic) bond motifs is 2. The quantitative estimate of drug-likeness (QED) is 0.188. The predicted octanol–water partition coefficient (Wildman–Crippen LogP) is 5.96. The molecule has 0 bridgehead atoms. The molecule has 0 aliphatic carbocycles. The van der Waals surface area contributed by atoms with E-state index >= 15 is 0 Å². The third kappa shape index (κ3) is 8.68. The number of hydrogen-bond acceptors (Lipinski definition) is 8. The van der Waals surface area contributed by atoms with Gasteiger partial charge in [-0.15, -0.1) is 0 Å². The van der Waals surface area contributed by atoms with Crippen LogP contribution in [0.15, 0.2) is 97.1 Å². The number of carboxylic acid groups (broad SMARTS) is 1. The van der Waals surface area contributed by atoms with Gasteiger partial charge in [0.2, 0.25) is 25.4 Å². The van der Waals surface area contributed by atoms with Crippen LogP contribution in [0.3, 0.4) is 0 Å². The number of carbonyl (C=O) groups is 3. The first-order chi connectivity index (χ1) is 23.8. The van der Waals surface area contributed by atoms with Crippen LogP contribution in [0.25, 0.3) is 0 Å². The Morgan fingerprint density at radius 3 is 1.65 bits per heavy atom. The van der Waals surface area contributed by atoms with Crippen molar-refractivity contribution in [1.82, 2.24) is 0 Å². The van der Waals surface area contributed by atoms with Crippen LogP contribution >= 0.6 is 0 Å². The molecule has 11 nitrogen and oxygen atoms in total. The standard InChI is InChI=1S/C19H19NO5.C19H21NO4/c1-20(14-5-3-2-4-6-14)18(21)10-8-15(19(22)23)13-7-9-16-17(11-13)25-12-24-16;1-20(15-6-3-2-4-7-15)19(22)16(8-5-11-21)14-9-10-17-18(12-14)24-13-23-17/h2-7,9,11,15H,8,10,12H2,1H3,(H,22,23);2-4,6-7,9-10,12,16,21H,5,8,11,13H2,1H3. The van der Waals surface area contributed by atoms with Gasteiger partial charge in [0.05, 0.1) is 11.8 Å². The molecule has 2 heterocycles. The first kappa shape index (κ1) is 34.8. The zero-order valence-electron chi connectivity index (χ0n) is 27.5. The molecule has 2 unspecified atom stereocenters. The summed E-state index contributed by atoms with van der Waals surface area (Å²) in [6.07, 6.45) is 1.49. The minimum absolute atomic E-state index is 0.00600. The molecule has 6 rings (SSSR count). The van der Waals surface area contributed by atoms with E-state index in [4.69, 9.17) is 18.9 Å². The minimum atomic E-state index is -0.964. The van der Waals surface area contributed by atoms with Crippen molar-refractivity contribution in [3.63, 3.8) is 0 Å². The van der Waals surface area contributed by atoms with E-state index in [0.29, 0.717) is 41.4 Å². The second-order valence-electron chi connectivity index (χ2n) is 11.6. The van der Waals surface area contributed by atoms with Gasteiger partial charge in [-0.3, -0.25) is 14.4 Å². The maximum atomic E-state index is 13.0. The summed E-state index contributed by atoms with van der Waals surface area (Å²) in [4.78, 5) is 40.3. The van der Waals surface area contributed by atoms with E-state index in [-0.39, 0.29) is 50.8 Å². The third-order valence-electron chi connectivity index (χ3n) is 8.48. The summed E-state index contributed by atoms with van der Waals surface area (Å²) in [7, 11) is 3.46. The van der Waals surface area contributed by atoms with Gasteiger partial charge in [-0.05, 0) is 78.9 Å². The van der Waals surface area contributed by atoms with Gasteiger partial charge in [0.25, 0.3) is 0 Å². The Hall–Kier alpha value is -5.55. The van der Waals surface area contributed by atoms with E-state index < -0.39 is 11.9 Å². The summed E-state index contributed by atoms with van der Waals surface area (Å²) < 4.78 is 21.3. The van der Waals surface area contributed by atoms with Crippen molar-refractivity contribution in [3.05, 3.63) is 108 Å². The Morgan fingerprint density at radius 2 is 1.14 bits per heavy atom. The molecular formula is C38H40N2O9. The second-order valence-corrected chi connectivity index (χ2v) is 11.6. The van der Waals surface area contributed by atoms with Crippen LogP contribution in [0.2, 0.25) is 0 Å². The monoisotopic (exact) mass is 668 g/mol. The van der Waals surface area contributed by atoms with E-state index in [2.05, 4.69) is 0 Å². The van der Waals surface area contributed by atoms with Gasteiger partial charge in [0.1, 0.15) is 0 Å². The Morgan fingerprint density at radius 1 is 0.653 bits per heavy atom. The molecular weight excluding hydrogens is 628 g/mol. The molecule has 0 saturated heterocycles. The van der Waals surface area contributed by atoms with E-state index in [9.17, 15) is 24.6 Å². The molecule has 2 atom stereocenters. The highest BCUT2D eigenvalue weighted by molar-refractivity contribution is 5.97. The number of anilines is 2. The number of aliphatic hydroxyl groups is 1. The maximum Gasteiger partial charge on any atom is 0.310 e. The molecule has 2 amide bonds. The minimum Gasteiger partial charge on any atom is -0.481 e. The highest BCUT2D eigenvalue weighted by Gasteiger charge is 2.27. The van der Waals surface area contributed by atoms with Crippen molar-refractivity contribution >= 4 is 29.2 Å². The van der Waals surface area contributed by atoms with Crippen LogP contribution in [0.1, 0.15) is 48.6 Å². The number of hydrogen-bond donors (Lipinski definition) is 2. The van der Waals surface area contributed by atoms with Crippen LogP contribution in [0.4, 0.5) is 11.4 Å². The zero-order chi connectivity index (χ0) is 34.8. The number of aliphatic carboxylic acids is 1. The maximum absolute atomic E-state index is 13.0. The number of para-hydroxylation sites is 2. The van der Waals surface area contributed by atoms with E-state index in [1.54, 1.807) is 42.1 Å². The number of rotatable bonds is 12. The van der Waals surface area contributed by atoms with Crippen molar-refractivity contribution in [2.24, 2.45) is 0 Å². The van der Waals surface area contributed by atoms with Crippen LogP contribution in [-0.2, 0) is 14.4 Å². The fourth-order valence-electron chi connectivity index (χ4n) is 5.66. The smallest absolute Gasteiger partial charge is 0.310 e. The lowest BCUT2D eigenvalue weighted by Crippen LogP contribution is -2.31. The SMILES string of the molecule is CN(C(=O)C(CCCO)c1ccc2c(c1)OCO2)c1ccccc1.CN(C(=O)CCC(C(=O)O)c1ccc2c(c1)OCO2)c1ccccc1. The lowest BCUT2D eigenvalue weighted by Gasteiger charge is -2.24. The molecule has 2 aliphatic rings. The average molecular weight is 669 g/mol. The van der Waals surface area contributed by atoms with Gasteiger partial charge in [-0.2, -0.15) is 0 Å². The van der Waals surface area contributed by atoms with Crippen molar-refractivity contribution < 1.29 is 43.5 Å². The van der Waals surface area contributed by atoms with Gasteiger partial charge < -0.3 is 39.0 Å². The van der Waals surface area contributed by atoms with E-state index in [1.807, 2.05) is 78.9 Å². The number of nitrogens with zero attached hydrogens (tertiary/aromatic N) is 2. The summed E-state index contributed by atoms with van der Waals surface area (Å²) in [6.45, 7) is 0.401. The average Bonchev–Trinajstić information content (AvgIpc) is 3.81. The van der Waals surface area contributed by atoms with Gasteiger partial charge >= 0.3 is 5.97 Å². The van der Waals surface area contributed by atoms with Gasteiger partial charge in [0.15, 0.2) is 23.0 Å². The topological polar surface area (TPSA) is 135 Å². The van der Waals surface area contributed by atoms with Gasteiger partial charge in [0, 0.05) is 38.5 Å². The van der Waals surface area contributed by atoms with Gasteiger partial charge in [-0.25, -0.2) is 0 Å². The van der Waals surface area contributed by atoms with Crippen molar-refractivity contribution in [2.75, 3.05) is 44.1 Å². The third-order valence-corrected chi connectivity index (χ3v) is 8.48. The molecule has 2 aliphatic heterocycles. The van der Waals surface area contributed by atoms with Crippen molar-refractivity contribution in [2.45, 2.75) is 37.5 Å². The fraction of sp³-hybridized carbons (Fsp3) is 0.289. The molecule has 0 radical (unpaired) electrons. The summed E-state index contributed by atoms with van der Waals surface area (Å²) in [6, 6.07) is 29.5. The number of ether oxygens (including phenoxy) is 4. The predicted molar refractivity (Wildman–Crippen MR) is 184 cm³/mol. The lowest BCUT2D eigenvalue weighted by molar-refractivity contribution is -0.139. The molecule has 256 valence electrons. The molecule has 4 aromatic carbocycles. The molecule has 4 aromatic rings. The number of likely N-dealkylation sites (N-methyl/N-ethyl adjacent to an activating group) is 1. The molecule has 49 heavy (non-hydrogen) atoms. The Labute approximate surface area is 285 Å². The summed E-state index contributed by atoms with van der Waals surface area (Å²) >= 11 is 0. The number of carboxylic acids is 1. The molecule has 0 fully saturated rings. The summed E-state index contributed by atoms with van der Waals surface area (Å²) in [5, 5.41) is 18.7. The summed E-state index contributed by atoms with van der Waals surface area (Å²) in [5.74, 6) is 0.296. The first-order valence-electron chi connectivity index (χ1n) is 16.0. The normalized spacial score (nSPS) is 13.4.